The highest BCUT2D eigenvalue weighted by Gasteiger charge is 2.16. The molecule has 0 aliphatic carbocycles. The van der Waals surface area contributed by atoms with Crippen molar-refractivity contribution < 1.29 is 4.68 Å². The summed E-state index contributed by atoms with van der Waals surface area (Å²) in [7, 11) is 6.09. The number of benzene rings is 2. The van der Waals surface area contributed by atoms with E-state index >= 15 is 0 Å². The summed E-state index contributed by atoms with van der Waals surface area (Å²) >= 11 is 0. The molecule has 0 aliphatic heterocycles. The molecule has 0 fully saturated rings. The van der Waals surface area contributed by atoms with Crippen LogP contribution in [0.1, 0.15) is 16.7 Å². The molecular formula is C18H24N3+. The zero-order valence-electron chi connectivity index (χ0n) is 13.3. The van der Waals surface area contributed by atoms with E-state index in [1.807, 2.05) is 13.1 Å². The lowest BCUT2D eigenvalue weighted by molar-refractivity contribution is -0.692. The Kier molecular flexibility index (Phi) is 4.99. The molecule has 2 rings (SSSR count). The molecule has 0 spiro atoms. The van der Waals surface area contributed by atoms with Crippen LogP contribution in [0.15, 0.2) is 54.6 Å². The Hall–Kier alpha value is -2.29. The molecule has 0 saturated heterocycles. The van der Waals surface area contributed by atoms with E-state index in [0.29, 0.717) is 0 Å². The molecule has 0 bridgehead atoms. The number of aryl methyl sites for hydroxylation is 1. The van der Waals surface area contributed by atoms with Gasteiger partial charge in [-0.1, -0.05) is 48.0 Å². The second-order valence-electron chi connectivity index (χ2n) is 5.36. The van der Waals surface area contributed by atoms with E-state index in [4.69, 9.17) is 0 Å². The average Bonchev–Trinajstić information content (AvgIpc) is 2.50. The number of hydrazone groups is 1. The van der Waals surface area contributed by atoms with E-state index in [9.17, 15) is 0 Å². The highest BCUT2D eigenvalue weighted by atomic mass is 15.6. The normalized spacial score (nSPS) is 11.8. The zero-order chi connectivity index (χ0) is 15.2. The molecule has 0 unspecified atom stereocenters. The van der Waals surface area contributed by atoms with Crippen LogP contribution in [0.4, 0.5) is 0 Å². The molecule has 0 saturated carbocycles. The van der Waals surface area contributed by atoms with Crippen molar-refractivity contribution in [2.24, 2.45) is 0 Å². The van der Waals surface area contributed by atoms with Crippen molar-refractivity contribution in [1.82, 2.24) is 10.3 Å². The summed E-state index contributed by atoms with van der Waals surface area (Å²) in [5.74, 6) is 1.10. The lowest BCUT2D eigenvalue weighted by Gasteiger charge is -2.19. The van der Waals surface area contributed by atoms with E-state index in [1.165, 1.54) is 16.7 Å². The van der Waals surface area contributed by atoms with Gasteiger partial charge in [-0.05, 0) is 24.6 Å². The van der Waals surface area contributed by atoms with E-state index < -0.39 is 0 Å². The molecule has 0 atom stereocenters. The first-order valence-corrected chi connectivity index (χ1v) is 7.22. The summed E-state index contributed by atoms with van der Waals surface area (Å²) in [5, 5.41) is 5.44. The minimum atomic E-state index is 0.832. The number of hydrogen-bond acceptors (Lipinski definition) is 1. The lowest BCUT2D eigenvalue weighted by Crippen LogP contribution is -2.39. The van der Waals surface area contributed by atoms with Crippen molar-refractivity contribution in [3.8, 4) is 0 Å². The number of nitrogens with one attached hydrogen (secondary N) is 1. The second kappa shape index (κ2) is 6.93. The average molecular weight is 282 g/mol. The molecule has 0 amide bonds. The third-order valence-electron chi connectivity index (χ3n) is 3.48. The number of rotatable bonds is 4. The largest absolute Gasteiger partial charge is 0.300 e. The highest BCUT2D eigenvalue weighted by Crippen LogP contribution is 2.07. The molecule has 3 heteroatoms. The number of hydrazine groups is 1. The van der Waals surface area contributed by atoms with E-state index in [0.717, 1.165) is 12.4 Å². The van der Waals surface area contributed by atoms with Crippen molar-refractivity contribution in [2.75, 3.05) is 21.1 Å². The van der Waals surface area contributed by atoms with Gasteiger partial charge in [0.2, 0.25) is 0 Å². The Morgan fingerprint density at radius 1 is 1.00 bits per heavy atom. The molecule has 2 aromatic rings. The Bertz CT molecular complexity index is 598. The molecule has 21 heavy (non-hydrogen) atoms. The summed E-state index contributed by atoms with van der Waals surface area (Å²) < 4.78 is 2.24. The van der Waals surface area contributed by atoms with E-state index in [1.54, 1.807) is 0 Å². The first-order valence-electron chi connectivity index (χ1n) is 7.22. The van der Waals surface area contributed by atoms with Gasteiger partial charge in [-0.3, -0.25) is 10.3 Å². The van der Waals surface area contributed by atoms with Gasteiger partial charge in [-0.15, -0.1) is 0 Å². The molecule has 0 heterocycles. The van der Waals surface area contributed by atoms with Gasteiger partial charge in [0.05, 0.1) is 12.6 Å². The summed E-state index contributed by atoms with van der Waals surface area (Å²) in [5.41, 5.74) is 3.76. The summed E-state index contributed by atoms with van der Waals surface area (Å²) in [4.78, 5) is 0. The van der Waals surface area contributed by atoms with Crippen LogP contribution < -0.4 is 5.32 Å². The Morgan fingerprint density at radius 3 is 2.14 bits per heavy atom. The van der Waals surface area contributed by atoms with Crippen LogP contribution in [0.2, 0.25) is 0 Å². The van der Waals surface area contributed by atoms with Gasteiger partial charge in [0.15, 0.2) is 0 Å². The number of hydrogen-bond donors (Lipinski definition) is 1. The summed E-state index contributed by atoms with van der Waals surface area (Å²) in [6.07, 6.45) is 0. The van der Waals surface area contributed by atoms with Crippen LogP contribution in [0.5, 0.6) is 0 Å². The quantitative estimate of drug-likeness (QED) is 0.402. The summed E-state index contributed by atoms with van der Waals surface area (Å²) in [6.45, 7) is 2.95. The predicted octanol–water partition coefficient (Wildman–Crippen LogP) is 2.65. The molecule has 1 N–H and O–H groups in total. The fraction of sp³-hybridized carbons (Fsp3) is 0.278. The van der Waals surface area contributed by atoms with Gasteiger partial charge in [0.1, 0.15) is 6.54 Å². The van der Waals surface area contributed by atoms with Crippen LogP contribution in [0.3, 0.4) is 0 Å². The fourth-order valence-electron chi connectivity index (χ4n) is 2.31. The van der Waals surface area contributed by atoms with Crippen molar-refractivity contribution in [3.05, 3.63) is 71.3 Å². The van der Waals surface area contributed by atoms with Crippen LogP contribution in [0.25, 0.3) is 0 Å². The van der Waals surface area contributed by atoms with Gasteiger partial charge in [0.25, 0.3) is 0 Å². The van der Waals surface area contributed by atoms with Gasteiger partial charge in [-0.2, -0.15) is 4.68 Å². The Morgan fingerprint density at radius 2 is 1.62 bits per heavy atom. The molecule has 3 nitrogen and oxygen atoms in total. The highest BCUT2D eigenvalue weighted by molar-refractivity contribution is 5.94. The SMILES string of the molecule is CN/C(c1ccccc1)=[N+](/Cc1ccc(C)cc1)N(C)C. The zero-order valence-corrected chi connectivity index (χ0v) is 13.3. The third-order valence-corrected chi connectivity index (χ3v) is 3.48. The molecule has 0 radical (unpaired) electrons. The predicted molar refractivity (Wildman–Crippen MR) is 88.4 cm³/mol. The first-order chi connectivity index (χ1) is 10.1. The minimum absolute atomic E-state index is 0.832. The second-order valence-corrected chi connectivity index (χ2v) is 5.36. The van der Waals surface area contributed by atoms with Gasteiger partial charge in [0, 0.05) is 14.1 Å². The van der Waals surface area contributed by atoms with Crippen LogP contribution in [-0.4, -0.2) is 36.7 Å². The van der Waals surface area contributed by atoms with Gasteiger partial charge in [-0.25, -0.2) is 0 Å². The summed E-state index contributed by atoms with van der Waals surface area (Å²) in [6, 6.07) is 19.1. The molecule has 2 aromatic carbocycles. The lowest BCUT2D eigenvalue weighted by atomic mass is 10.1. The van der Waals surface area contributed by atoms with Crippen LogP contribution in [0, 0.1) is 6.92 Å². The standard InChI is InChI=1S/C18H23N3/c1-15-10-12-16(13-11-15)14-21(20(3)4)18(19-2)17-8-6-5-7-9-17/h5-13H,14H2,1-4H3/p+1. The first kappa shape index (κ1) is 15.1. The molecule has 0 aromatic heterocycles. The maximum absolute atomic E-state index is 3.33. The van der Waals surface area contributed by atoms with Crippen molar-refractivity contribution in [2.45, 2.75) is 13.5 Å². The third kappa shape index (κ3) is 3.85. The van der Waals surface area contributed by atoms with E-state index in [-0.39, 0.29) is 0 Å². The van der Waals surface area contributed by atoms with Crippen molar-refractivity contribution >= 4 is 5.84 Å². The Balaban J connectivity index is 2.40. The molecule has 0 aliphatic rings. The minimum Gasteiger partial charge on any atom is -0.275 e. The molecule has 110 valence electrons. The molecular weight excluding hydrogens is 258 g/mol. The van der Waals surface area contributed by atoms with Crippen LogP contribution >= 0.6 is 0 Å². The van der Waals surface area contributed by atoms with Crippen molar-refractivity contribution in [3.63, 3.8) is 0 Å². The maximum Gasteiger partial charge on any atom is 0.300 e. The maximum atomic E-state index is 3.33. The Labute approximate surface area is 127 Å². The van der Waals surface area contributed by atoms with Gasteiger partial charge < -0.3 is 0 Å². The van der Waals surface area contributed by atoms with E-state index in [2.05, 4.69) is 84.6 Å². The fourth-order valence-corrected chi connectivity index (χ4v) is 2.31. The topological polar surface area (TPSA) is 18.3 Å². The monoisotopic (exact) mass is 282 g/mol. The van der Waals surface area contributed by atoms with Gasteiger partial charge >= 0.3 is 5.84 Å². The number of nitrogens with zero attached hydrogens (tertiary/aromatic N) is 2. The smallest absolute Gasteiger partial charge is 0.275 e. The van der Waals surface area contributed by atoms with Crippen LogP contribution in [-0.2, 0) is 6.54 Å². The number of amidine groups is 1. The van der Waals surface area contributed by atoms with Crippen molar-refractivity contribution in [1.29, 1.82) is 0 Å².